The first kappa shape index (κ1) is 13.2. The predicted molar refractivity (Wildman–Crippen MR) is 69.5 cm³/mol. The number of nitrogens with two attached hydrogens (primary N) is 1. The third-order valence-corrected chi connectivity index (χ3v) is 3.16. The SMILES string of the molecule is CCc1cc(O)cc2c(CC(N)C(=O)O)cn(O)c12. The Kier molecular flexibility index (Phi) is 3.35. The van der Waals surface area contributed by atoms with E-state index in [-0.39, 0.29) is 12.2 Å². The van der Waals surface area contributed by atoms with Crippen molar-refractivity contribution in [3.05, 3.63) is 29.5 Å². The highest BCUT2D eigenvalue weighted by Gasteiger charge is 2.18. The topological polar surface area (TPSA) is 109 Å². The summed E-state index contributed by atoms with van der Waals surface area (Å²) in [7, 11) is 0. The molecule has 0 aliphatic heterocycles. The molecule has 0 amide bonds. The fraction of sp³-hybridized carbons (Fsp3) is 0.308. The molecule has 1 aromatic heterocycles. The number of aliphatic carboxylic acids is 1. The third kappa shape index (κ3) is 2.34. The number of carboxylic acid groups (broad SMARTS) is 1. The second-order valence-electron chi connectivity index (χ2n) is 4.50. The zero-order valence-corrected chi connectivity index (χ0v) is 10.5. The number of phenolic OH excluding ortho intramolecular Hbond substituents is 1. The smallest absolute Gasteiger partial charge is 0.320 e. The molecule has 0 bridgehead atoms. The normalized spacial score (nSPS) is 12.7. The summed E-state index contributed by atoms with van der Waals surface area (Å²) < 4.78 is 0.956. The molecular weight excluding hydrogens is 248 g/mol. The molecule has 6 nitrogen and oxygen atoms in total. The van der Waals surface area contributed by atoms with Crippen molar-refractivity contribution in [3.63, 3.8) is 0 Å². The molecular formula is C13H16N2O4. The average molecular weight is 264 g/mol. The number of benzene rings is 1. The quantitative estimate of drug-likeness (QED) is 0.618. The predicted octanol–water partition coefficient (Wildman–Crippen LogP) is 1.10. The van der Waals surface area contributed by atoms with Crippen molar-refractivity contribution in [2.24, 2.45) is 5.73 Å². The number of fused-ring (bicyclic) bond motifs is 1. The molecule has 6 heteroatoms. The Bertz CT molecular complexity index is 633. The number of carboxylic acids is 1. The van der Waals surface area contributed by atoms with Gasteiger partial charge in [0, 0.05) is 18.0 Å². The van der Waals surface area contributed by atoms with Crippen molar-refractivity contribution >= 4 is 16.9 Å². The highest BCUT2D eigenvalue weighted by atomic mass is 16.5. The number of hydrogen-bond acceptors (Lipinski definition) is 4. The molecule has 1 heterocycles. The van der Waals surface area contributed by atoms with E-state index in [0.717, 1.165) is 10.3 Å². The second kappa shape index (κ2) is 4.81. The van der Waals surface area contributed by atoms with Gasteiger partial charge in [-0.3, -0.25) is 4.79 Å². The molecule has 102 valence electrons. The number of aromatic nitrogens is 1. The van der Waals surface area contributed by atoms with E-state index in [1.54, 1.807) is 6.07 Å². The van der Waals surface area contributed by atoms with E-state index in [1.165, 1.54) is 12.3 Å². The fourth-order valence-corrected chi connectivity index (χ4v) is 2.23. The monoisotopic (exact) mass is 264 g/mol. The molecule has 2 aromatic rings. The van der Waals surface area contributed by atoms with Gasteiger partial charge in [-0.2, -0.15) is 4.73 Å². The van der Waals surface area contributed by atoms with Crippen LogP contribution in [0.1, 0.15) is 18.1 Å². The van der Waals surface area contributed by atoms with Crippen molar-refractivity contribution in [1.29, 1.82) is 0 Å². The molecule has 0 fully saturated rings. The molecule has 0 saturated heterocycles. The molecule has 0 aliphatic carbocycles. The maximum atomic E-state index is 10.8. The van der Waals surface area contributed by atoms with Gasteiger partial charge < -0.3 is 21.2 Å². The lowest BCUT2D eigenvalue weighted by molar-refractivity contribution is -0.138. The van der Waals surface area contributed by atoms with E-state index in [9.17, 15) is 15.1 Å². The maximum Gasteiger partial charge on any atom is 0.320 e. The number of hydrogen-bond donors (Lipinski definition) is 4. The number of phenols is 1. The van der Waals surface area contributed by atoms with Crippen LogP contribution >= 0.6 is 0 Å². The van der Waals surface area contributed by atoms with Crippen molar-refractivity contribution in [2.45, 2.75) is 25.8 Å². The summed E-state index contributed by atoms with van der Waals surface area (Å²) in [5.74, 6) is -1.02. The Balaban J connectivity index is 2.57. The summed E-state index contributed by atoms with van der Waals surface area (Å²) in [5, 5.41) is 29.0. The van der Waals surface area contributed by atoms with Gasteiger partial charge in [-0.15, -0.1) is 0 Å². The van der Waals surface area contributed by atoms with Crippen molar-refractivity contribution < 1.29 is 20.2 Å². The van der Waals surface area contributed by atoms with E-state index in [1.807, 2.05) is 6.92 Å². The molecule has 19 heavy (non-hydrogen) atoms. The Morgan fingerprint density at radius 2 is 2.11 bits per heavy atom. The van der Waals surface area contributed by atoms with Crippen LogP contribution in [0.15, 0.2) is 18.3 Å². The highest BCUT2D eigenvalue weighted by molar-refractivity contribution is 5.88. The summed E-state index contributed by atoms with van der Waals surface area (Å²) in [6, 6.07) is 2.04. The first-order valence-electron chi connectivity index (χ1n) is 5.97. The minimum absolute atomic E-state index is 0.0840. The zero-order valence-electron chi connectivity index (χ0n) is 10.5. The molecule has 1 atom stereocenters. The minimum atomic E-state index is -1.10. The molecule has 0 aliphatic rings. The van der Waals surface area contributed by atoms with Crippen molar-refractivity contribution in [1.82, 2.24) is 4.73 Å². The molecule has 1 aromatic carbocycles. The maximum absolute atomic E-state index is 10.8. The standard InChI is InChI=1S/C13H16N2O4/c1-2-7-3-9(16)5-10-8(4-11(14)13(17)18)6-15(19)12(7)10/h3,5-6,11,16,19H,2,4,14H2,1H3,(H,17,18). The first-order chi connectivity index (χ1) is 8.93. The van der Waals surface area contributed by atoms with E-state index < -0.39 is 12.0 Å². The van der Waals surface area contributed by atoms with Gasteiger partial charge in [0.2, 0.25) is 0 Å². The van der Waals surface area contributed by atoms with Gasteiger partial charge in [0.25, 0.3) is 0 Å². The highest BCUT2D eigenvalue weighted by Crippen LogP contribution is 2.29. The number of nitrogens with zero attached hydrogens (tertiary/aromatic N) is 1. The van der Waals surface area contributed by atoms with Crippen LogP contribution in [0.4, 0.5) is 0 Å². The van der Waals surface area contributed by atoms with E-state index in [2.05, 4.69) is 0 Å². The lowest BCUT2D eigenvalue weighted by Gasteiger charge is -2.06. The number of aromatic hydroxyl groups is 1. The van der Waals surface area contributed by atoms with Crippen LogP contribution in [0.2, 0.25) is 0 Å². The third-order valence-electron chi connectivity index (χ3n) is 3.16. The van der Waals surface area contributed by atoms with Gasteiger partial charge in [0.1, 0.15) is 11.8 Å². The summed E-state index contributed by atoms with van der Waals surface area (Å²) in [6.45, 7) is 1.91. The molecule has 0 spiro atoms. The van der Waals surface area contributed by atoms with Crippen LogP contribution in [-0.2, 0) is 17.6 Å². The number of rotatable bonds is 4. The van der Waals surface area contributed by atoms with Gasteiger partial charge in [-0.05, 0) is 29.7 Å². The van der Waals surface area contributed by atoms with Crippen LogP contribution in [0, 0.1) is 0 Å². The fourth-order valence-electron chi connectivity index (χ4n) is 2.23. The van der Waals surface area contributed by atoms with E-state index >= 15 is 0 Å². The van der Waals surface area contributed by atoms with Crippen molar-refractivity contribution in [3.8, 4) is 5.75 Å². The Labute approximate surface area is 109 Å². The molecule has 1 unspecified atom stereocenters. The van der Waals surface area contributed by atoms with Crippen molar-refractivity contribution in [2.75, 3.05) is 0 Å². The molecule has 5 N–H and O–H groups in total. The lowest BCUT2D eigenvalue weighted by atomic mass is 10.0. The summed E-state index contributed by atoms with van der Waals surface area (Å²) in [4.78, 5) is 10.8. The summed E-state index contributed by atoms with van der Waals surface area (Å²) >= 11 is 0. The van der Waals surface area contributed by atoms with Crippen LogP contribution in [-0.4, -0.2) is 32.2 Å². The van der Waals surface area contributed by atoms with E-state index in [0.29, 0.717) is 22.9 Å². The van der Waals surface area contributed by atoms with Gasteiger partial charge >= 0.3 is 5.97 Å². The summed E-state index contributed by atoms with van der Waals surface area (Å²) in [6.07, 6.45) is 2.16. The van der Waals surface area contributed by atoms with Crippen LogP contribution in [0.5, 0.6) is 5.75 Å². The minimum Gasteiger partial charge on any atom is -0.508 e. The zero-order chi connectivity index (χ0) is 14.2. The lowest BCUT2D eigenvalue weighted by Crippen LogP contribution is -2.32. The molecule has 2 rings (SSSR count). The molecule has 0 saturated carbocycles. The molecule has 0 radical (unpaired) electrons. The van der Waals surface area contributed by atoms with Gasteiger partial charge in [-0.25, -0.2) is 0 Å². The Morgan fingerprint density at radius 1 is 1.42 bits per heavy atom. The van der Waals surface area contributed by atoms with Crippen LogP contribution in [0.25, 0.3) is 10.9 Å². The number of aryl methyl sites for hydroxylation is 1. The average Bonchev–Trinajstić information content (AvgIpc) is 2.65. The first-order valence-corrected chi connectivity index (χ1v) is 5.97. The largest absolute Gasteiger partial charge is 0.508 e. The van der Waals surface area contributed by atoms with E-state index in [4.69, 9.17) is 10.8 Å². The van der Waals surface area contributed by atoms with Gasteiger partial charge in [0.05, 0.1) is 5.52 Å². The second-order valence-corrected chi connectivity index (χ2v) is 4.50. The van der Waals surface area contributed by atoms with Gasteiger partial charge in [-0.1, -0.05) is 6.92 Å². The number of carbonyl (C=O) groups is 1. The van der Waals surface area contributed by atoms with Crippen LogP contribution < -0.4 is 5.73 Å². The summed E-state index contributed by atoms with van der Waals surface area (Å²) in [5.41, 5.74) is 7.46. The van der Waals surface area contributed by atoms with Crippen LogP contribution in [0.3, 0.4) is 0 Å². The Morgan fingerprint density at radius 3 is 2.68 bits per heavy atom. The van der Waals surface area contributed by atoms with Gasteiger partial charge in [0.15, 0.2) is 0 Å². The Hall–Kier alpha value is -2.21.